The highest BCUT2D eigenvalue weighted by Gasteiger charge is 2.32. The average Bonchev–Trinajstić information content (AvgIpc) is 3.31. The predicted octanol–water partition coefficient (Wildman–Crippen LogP) is 3.21. The molecule has 1 unspecified atom stereocenters. The van der Waals surface area contributed by atoms with Gasteiger partial charge in [-0.05, 0) is 55.2 Å². The van der Waals surface area contributed by atoms with E-state index in [1.807, 2.05) is 0 Å². The Morgan fingerprint density at radius 2 is 2.04 bits per heavy atom. The van der Waals surface area contributed by atoms with Crippen LogP contribution in [0.2, 0.25) is 5.02 Å². The van der Waals surface area contributed by atoms with Crippen molar-refractivity contribution in [3.05, 3.63) is 53.1 Å². The fraction of sp³-hybridized carbons (Fsp3) is 0.316. The molecule has 2 aliphatic rings. The monoisotopic (exact) mass is 406 g/mol. The van der Waals surface area contributed by atoms with E-state index < -0.39 is 10.0 Å². The lowest BCUT2D eigenvalue weighted by Gasteiger charge is -2.21. The van der Waals surface area contributed by atoms with Crippen LogP contribution in [0.1, 0.15) is 18.4 Å². The van der Waals surface area contributed by atoms with Gasteiger partial charge < -0.3 is 9.64 Å². The Balaban J connectivity index is 1.56. The Morgan fingerprint density at radius 1 is 1.22 bits per heavy atom. The van der Waals surface area contributed by atoms with Gasteiger partial charge in [-0.25, -0.2) is 8.42 Å². The van der Waals surface area contributed by atoms with Crippen LogP contribution in [0.4, 0.5) is 11.4 Å². The summed E-state index contributed by atoms with van der Waals surface area (Å²) in [6.45, 7) is 1.20. The van der Waals surface area contributed by atoms with Crippen LogP contribution in [0, 0.1) is 0 Å². The van der Waals surface area contributed by atoms with Gasteiger partial charge >= 0.3 is 0 Å². The zero-order valence-corrected chi connectivity index (χ0v) is 16.1. The number of benzene rings is 2. The van der Waals surface area contributed by atoms with E-state index in [0.717, 1.165) is 24.1 Å². The van der Waals surface area contributed by atoms with Crippen molar-refractivity contribution in [1.82, 2.24) is 0 Å². The summed E-state index contributed by atoms with van der Waals surface area (Å²) >= 11 is 6.01. The summed E-state index contributed by atoms with van der Waals surface area (Å²) in [5.74, 6) is -0.0179. The quantitative estimate of drug-likeness (QED) is 0.845. The molecule has 4 rings (SSSR count). The van der Waals surface area contributed by atoms with Gasteiger partial charge in [0.2, 0.25) is 0 Å². The first-order valence-electron chi connectivity index (χ1n) is 8.79. The maximum Gasteiger partial charge on any atom is 0.263 e. The molecule has 1 amide bonds. The molecule has 0 bridgehead atoms. The minimum atomic E-state index is -3.79. The van der Waals surface area contributed by atoms with Crippen LogP contribution in [-0.2, 0) is 26.0 Å². The molecule has 1 N–H and O–H groups in total. The molecule has 6 nitrogen and oxygen atoms in total. The van der Waals surface area contributed by atoms with Crippen LogP contribution in [-0.4, -0.2) is 33.6 Å². The fourth-order valence-electron chi connectivity index (χ4n) is 3.51. The normalized spacial score (nSPS) is 19.1. The summed E-state index contributed by atoms with van der Waals surface area (Å²) in [4.78, 5) is 14.4. The summed E-state index contributed by atoms with van der Waals surface area (Å²) in [6, 6.07) is 11.5. The molecule has 2 aliphatic heterocycles. The van der Waals surface area contributed by atoms with Crippen molar-refractivity contribution in [2.75, 3.05) is 22.8 Å². The highest BCUT2D eigenvalue weighted by molar-refractivity contribution is 7.92. The molecule has 2 heterocycles. The van der Waals surface area contributed by atoms with E-state index in [2.05, 4.69) is 4.72 Å². The second kappa shape index (κ2) is 7.14. The number of carbonyl (C=O) groups excluding carboxylic acids is 1. The number of rotatable bonds is 4. The number of nitrogens with zero attached hydrogens (tertiary/aromatic N) is 1. The van der Waals surface area contributed by atoms with Crippen molar-refractivity contribution in [1.29, 1.82) is 0 Å². The summed E-state index contributed by atoms with van der Waals surface area (Å²) < 4.78 is 33.2. The minimum Gasteiger partial charge on any atom is -0.368 e. The van der Waals surface area contributed by atoms with Crippen LogP contribution < -0.4 is 9.62 Å². The molecule has 0 spiro atoms. The third-order valence-corrected chi connectivity index (χ3v) is 6.71. The number of hydrogen-bond donors (Lipinski definition) is 1. The van der Waals surface area contributed by atoms with Gasteiger partial charge in [0, 0.05) is 24.5 Å². The average molecular weight is 407 g/mol. The minimum absolute atomic E-state index is 0.0179. The standard InChI is InChI=1S/C19H19ClN2O4S/c20-15-4-1-2-6-18(15)27(24,25)21-14-7-8-16-13(12-14)9-10-22(16)19(23)17-5-3-11-26-17/h1-2,4,6-8,12,17,21H,3,5,9-11H2. The molecule has 1 saturated heterocycles. The Bertz CT molecular complexity index is 987. The van der Waals surface area contributed by atoms with Crippen molar-refractivity contribution in [3.63, 3.8) is 0 Å². The number of carbonyl (C=O) groups is 1. The van der Waals surface area contributed by atoms with E-state index in [1.54, 1.807) is 35.2 Å². The Hall–Kier alpha value is -2.09. The largest absolute Gasteiger partial charge is 0.368 e. The van der Waals surface area contributed by atoms with E-state index >= 15 is 0 Å². The molecule has 8 heteroatoms. The number of nitrogens with one attached hydrogen (secondary N) is 1. The first-order chi connectivity index (χ1) is 13.0. The van der Waals surface area contributed by atoms with Crippen molar-refractivity contribution >= 4 is 38.9 Å². The van der Waals surface area contributed by atoms with Crippen LogP contribution in [0.3, 0.4) is 0 Å². The lowest BCUT2D eigenvalue weighted by atomic mass is 10.1. The number of amides is 1. The molecule has 1 atom stereocenters. The van der Waals surface area contributed by atoms with Gasteiger partial charge in [0.05, 0.1) is 5.02 Å². The van der Waals surface area contributed by atoms with Gasteiger partial charge in [-0.1, -0.05) is 23.7 Å². The van der Waals surface area contributed by atoms with Gasteiger partial charge in [0.25, 0.3) is 15.9 Å². The maximum atomic E-state index is 12.6. The van der Waals surface area contributed by atoms with Gasteiger partial charge in [0.1, 0.15) is 11.0 Å². The number of sulfonamides is 1. The second-order valence-corrected chi connectivity index (χ2v) is 8.68. The molecular formula is C19H19ClN2O4S. The van der Waals surface area contributed by atoms with Gasteiger partial charge in [-0.3, -0.25) is 9.52 Å². The molecule has 1 fully saturated rings. The lowest BCUT2D eigenvalue weighted by Crippen LogP contribution is -2.37. The third-order valence-electron chi connectivity index (χ3n) is 4.82. The first kappa shape index (κ1) is 18.3. The molecule has 0 aliphatic carbocycles. The fourth-order valence-corrected chi connectivity index (χ4v) is 5.08. The van der Waals surface area contributed by atoms with Crippen LogP contribution in [0.25, 0.3) is 0 Å². The van der Waals surface area contributed by atoms with Crippen LogP contribution in [0.15, 0.2) is 47.4 Å². The third kappa shape index (κ3) is 3.54. The number of halogens is 1. The van der Waals surface area contributed by atoms with E-state index in [9.17, 15) is 13.2 Å². The smallest absolute Gasteiger partial charge is 0.263 e. The molecule has 2 aromatic carbocycles. The molecule has 0 aromatic heterocycles. The number of anilines is 2. The molecule has 27 heavy (non-hydrogen) atoms. The van der Waals surface area contributed by atoms with Crippen molar-refractivity contribution in [2.24, 2.45) is 0 Å². The summed E-state index contributed by atoms with van der Waals surface area (Å²) in [7, 11) is -3.79. The summed E-state index contributed by atoms with van der Waals surface area (Å²) in [6.07, 6.45) is 1.96. The SMILES string of the molecule is O=C(C1CCCO1)N1CCc2cc(NS(=O)(=O)c3ccccc3Cl)ccc21. The second-order valence-electron chi connectivity index (χ2n) is 6.62. The number of fused-ring (bicyclic) bond motifs is 1. The van der Waals surface area contributed by atoms with Crippen LogP contribution in [0.5, 0.6) is 0 Å². The molecular weight excluding hydrogens is 388 g/mol. The van der Waals surface area contributed by atoms with E-state index in [4.69, 9.17) is 16.3 Å². The summed E-state index contributed by atoms with van der Waals surface area (Å²) in [5.41, 5.74) is 2.19. The van der Waals surface area contributed by atoms with Gasteiger partial charge in [0.15, 0.2) is 0 Å². The highest BCUT2D eigenvalue weighted by atomic mass is 35.5. The summed E-state index contributed by atoms with van der Waals surface area (Å²) in [5, 5.41) is 0.166. The Kier molecular flexibility index (Phi) is 4.84. The topological polar surface area (TPSA) is 75.7 Å². The number of hydrogen-bond acceptors (Lipinski definition) is 4. The predicted molar refractivity (Wildman–Crippen MR) is 104 cm³/mol. The Labute approximate surface area is 163 Å². The molecule has 0 radical (unpaired) electrons. The first-order valence-corrected chi connectivity index (χ1v) is 10.6. The zero-order valence-electron chi connectivity index (χ0n) is 14.5. The Morgan fingerprint density at radius 3 is 2.78 bits per heavy atom. The van der Waals surface area contributed by atoms with Crippen molar-refractivity contribution in [3.8, 4) is 0 Å². The van der Waals surface area contributed by atoms with Crippen molar-refractivity contribution < 1.29 is 17.9 Å². The van der Waals surface area contributed by atoms with Crippen LogP contribution >= 0.6 is 11.6 Å². The lowest BCUT2D eigenvalue weighted by molar-refractivity contribution is -0.127. The number of ether oxygens (including phenoxy) is 1. The molecule has 2 aromatic rings. The molecule has 142 valence electrons. The maximum absolute atomic E-state index is 12.6. The highest BCUT2D eigenvalue weighted by Crippen LogP contribution is 2.33. The zero-order chi connectivity index (χ0) is 19.0. The van der Waals surface area contributed by atoms with Gasteiger partial charge in [-0.15, -0.1) is 0 Å². The van der Waals surface area contributed by atoms with Gasteiger partial charge in [-0.2, -0.15) is 0 Å². The van der Waals surface area contributed by atoms with E-state index in [1.165, 1.54) is 12.1 Å². The van der Waals surface area contributed by atoms with Crippen molar-refractivity contribution in [2.45, 2.75) is 30.3 Å². The van der Waals surface area contributed by atoms with E-state index in [-0.39, 0.29) is 21.9 Å². The van der Waals surface area contributed by atoms with E-state index in [0.29, 0.717) is 25.3 Å². The molecule has 0 saturated carbocycles.